The molecule has 0 unspecified atom stereocenters. The van der Waals surface area contributed by atoms with Gasteiger partial charge < -0.3 is 0 Å². The number of benzene rings is 10. The van der Waals surface area contributed by atoms with Crippen LogP contribution in [0.1, 0.15) is 0 Å². The smallest absolute Gasteiger partial charge is 0.160 e. The lowest BCUT2D eigenvalue weighted by molar-refractivity contribution is 1.18. The second-order valence-corrected chi connectivity index (χ2v) is 16.4. The molecule has 0 atom stereocenters. The highest BCUT2D eigenvalue weighted by Gasteiger charge is 2.29. The molecule has 0 fully saturated rings. The van der Waals surface area contributed by atoms with Crippen molar-refractivity contribution in [2.45, 2.75) is 0 Å². The highest BCUT2D eigenvalue weighted by Crippen LogP contribution is 2.56. The van der Waals surface area contributed by atoms with Crippen molar-refractivity contribution in [1.82, 2.24) is 9.97 Å². The van der Waals surface area contributed by atoms with Crippen molar-refractivity contribution in [3.63, 3.8) is 0 Å². The molecular weight excluding hydrogens is 797 g/mol. The largest absolute Gasteiger partial charge is 0.228 e. The molecule has 0 aliphatic heterocycles. The minimum atomic E-state index is 0.658. The first-order valence-corrected chi connectivity index (χ1v) is 22.5. The van der Waals surface area contributed by atoms with E-state index in [-0.39, 0.29) is 0 Å². The molecule has 11 aromatic rings. The second kappa shape index (κ2) is 18.2. The van der Waals surface area contributed by atoms with Gasteiger partial charge in [0.2, 0.25) is 0 Å². The monoisotopic (exact) mass is 840 g/mol. The molecule has 0 saturated carbocycles. The summed E-state index contributed by atoms with van der Waals surface area (Å²) < 4.78 is 0. The zero-order valence-electron chi connectivity index (χ0n) is 36.3. The van der Waals surface area contributed by atoms with Gasteiger partial charge in [-0.2, -0.15) is 0 Å². The van der Waals surface area contributed by atoms with Crippen LogP contribution in [0.4, 0.5) is 0 Å². The predicted molar refractivity (Wildman–Crippen MR) is 276 cm³/mol. The van der Waals surface area contributed by atoms with E-state index in [9.17, 15) is 0 Å². The highest BCUT2D eigenvalue weighted by molar-refractivity contribution is 6.15. The Balaban J connectivity index is 1.26. The van der Waals surface area contributed by atoms with Gasteiger partial charge in [0.1, 0.15) is 0 Å². The summed E-state index contributed by atoms with van der Waals surface area (Å²) in [4.78, 5) is 10.8. The van der Waals surface area contributed by atoms with Crippen LogP contribution < -0.4 is 0 Å². The van der Waals surface area contributed by atoms with E-state index in [0.29, 0.717) is 5.82 Å². The third kappa shape index (κ3) is 7.82. The first kappa shape index (κ1) is 40.1. The maximum Gasteiger partial charge on any atom is 0.160 e. The van der Waals surface area contributed by atoms with E-state index >= 15 is 0 Å². The molecule has 0 bridgehead atoms. The Morgan fingerprint density at radius 3 is 0.879 bits per heavy atom. The first-order chi connectivity index (χ1) is 32.8. The predicted octanol–water partition coefficient (Wildman–Crippen LogP) is 17.1. The van der Waals surface area contributed by atoms with Crippen molar-refractivity contribution in [2.75, 3.05) is 0 Å². The van der Waals surface area contributed by atoms with Crippen molar-refractivity contribution >= 4 is 0 Å². The Morgan fingerprint density at radius 1 is 0.182 bits per heavy atom. The van der Waals surface area contributed by atoms with Gasteiger partial charge in [0.15, 0.2) is 5.82 Å². The van der Waals surface area contributed by atoms with Crippen molar-refractivity contribution in [1.29, 1.82) is 0 Å². The molecule has 1 aromatic heterocycles. The van der Waals surface area contributed by atoms with Crippen LogP contribution in [0.2, 0.25) is 0 Å². The molecule has 0 radical (unpaired) electrons. The molecule has 66 heavy (non-hydrogen) atoms. The lowest BCUT2D eigenvalue weighted by Crippen LogP contribution is -2.02. The average molecular weight is 841 g/mol. The molecule has 310 valence electrons. The van der Waals surface area contributed by atoms with E-state index in [0.717, 1.165) is 89.3 Å². The Morgan fingerprint density at radius 2 is 0.470 bits per heavy atom. The molecular formula is C64H44N2. The molecule has 0 saturated heterocycles. The summed E-state index contributed by atoms with van der Waals surface area (Å²) in [6.45, 7) is 0. The fourth-order valence-corrected chi connectivity index (χ4v) is 9.37. The van der Waals surface area contributed by atoms with E-state index in [4.69, 9.17) is 9.97 Å². The normalized spacial score (nSPS) is 11.0. The van der Waals surface area contributed by atoms with E-state index in [2.05, 4.69) is 261 Å². The second-order valence-electron chi connectivity index (χ2n) is 16.4. The van der Waals surface area contributed by atoms with Crippen LogP contribution in [0.25, 0.3) is 112 Å². The summed E-state index contributed by atoms with van der Waals surface area (Å²) in [5.74, 6) is 0.658. The van der Waals surface area contributed by atoms with Crippen LogP contribution in [0, 0.1) is 0 Å². The van der Waals surface area contributed by atoms with Crippen LogP contribution in [0.15, 0.2) is 267 Å². The van der Waals surface area contributed by atoms with E-state index in [1.54, 1.807) is 0 Å². The van der Waals surface area contributed by atoms with Gasteiger partial charge in [0, 0.05) is 16.7 Å². The van der Waals surface area contributed by atoms with Gasteiger partial charge in [0.05, 0.1) is 11.4 Å². The van der Waals surface area contributed by atoms with Gasteiger partial charge in [-0.15, -0.1) is 0 Å². The Labute approximate surface area is 386 Å². The van der Waals surface area contributed by atoms with Crippen LogP contribution in [0.5, 0.6) is 0 Å². The van der Waals surface area contributed by atoms with E-state index in [1.807, 2.05) is 6.07 Å². The topological polar surface area (TPSA) is 25.8 Å². The lowest BCUT2D eigenvalue weighted by atomic mass is 9.74. The van der Waals surface area contributed by atoms with Crippen molar-refractivity contribution in [3.8, 4) is 112 Å². The van der Waals surface area contributed by atoms with Crippen LogP contribution in [0.3, 0.4) is 0 Å². The summed E-state index contributed by atoms with van der Waals surface area (Å²) in [7, 11) is 0. The molecule has 0 aliphatic rings. The fourth-order valence-electron chi connectivity index (χ4n) is 9.37. The molecule has 1 heterocycles. The van der Waals surface area contributed by atoms with Gasteiger partial charge in [-0.3, -0.25) is 0 Å². The van der Waals surface area contributed by atoms with Crippen LogP contribution >= 0.6 is 0 Å². The van der Waals surface area contributed by atoms with E-state index < -0.39 is 0 Å². The standard InChI is InChI=1S/C64H44N2/c1-8-25-45(26-9-1)54-41-22-23-42-55(54)57-44-56(46-27-10-2-11-28-46)65-64(66-57)53-40-24-39-52(43-53)63-61(50-35-18-6-19-36-50)59(48-31-14-4-15-32-48)58(47-29-12-3-13-30-47)60(49-33-16-5-17-34-49)62(63)51-37-20-7-21-38-51/h1-44H. The molecule has 10 aromatic carbocycles. The summed E-state index contributed by atoms with van der Waals surface area (Å²) in [5.41, 5.74) is 20.8. The summed E-state index contributed by atoms with van der Waals surface area (Å²) in [5, 5.41) is 0. The SMILES string of the molecule is c1ccc(-c2cc(-c3ccccc3-c3ccccc3)nc(-c3cccc(-c4c(-c5ccccc5)c(-c5ccccc5)c(-c5ccccc5)c(-c5ccccc5)c4-c4ccccc4)c3)n2)cc1. The number of aromatic nitrogens is 2. The Hall–Kier alpha value is -8.72. The molecule has 11 rings (SSSR count). The minimum Gasteiger partial charge on any atom is -0.228 e. The maximum absolute atomic E-state index is 5.45. The summed E-state index contributed by atoms with van der Waals surface area (Å²) in [6, 6.07) is 95.1. The minimum absolute atomic E-state index is 0.658. The third-order valence-corrected chi connectivity index (χ3v) is 12.3. The summed E-state index contributed by atoms with van der Waals surface area (Å²) >= 11 is 0. The average Bonchev–Trinajstić information content (AvgIpc) is 3.41. The molecule has 0 amide bonds. The number of hydrogen-bond donors (Lipinski definition) is 0. The first-order valence-electron chi connectivity index (χ1n) is 22.5. The van der Waals surface area contributed by atoms with Crippen LogP contribution in [-0.4, -0.2) is 9.97 Å². The third-order valence-electron chi connectivity index (χ3n) is 12.3. The van der Waals surface area contributed by atoms with Crippen molar-refractivity contribution < 1.29 is 0 Å². The highest BCUT2D eigenvalue weighted by atomic mass is 14.9. The molecule has 0 spiro atoms. The number of nitrogens with zero attached hydrogens (tertiary/aromatic N) is 2. The molecule has 2 nitrogen and oxygen atoms in total. The number of hydrogen-bond acceptors (Lipinski definition) is 2. The van der Waals surface area contributed by atoms with Gasteiger partial charge in [-0.05, 0) is 90.0 Å². The molecule has 2 heteroatoms. The van der Waals surface area contributed by atoms with Crippen LogP contribution in [-0.2, 0) is 0 Å². The molecule has 0 N–H and O–H groups in total. The summed E-state index contributed by atoms with van der Waals surface area (Å²) in [6.07, 6.45) is 0. The molecule has 0 aliphatic carbocycles. The van der Waals surface area contributed by atoms with Gasteiger partial charge in [-0.1, -0.05) is 255 Å². The lowest BCUT2D eigenvalue weighted by Gasteiger charge is -2.29. The Bertz CT molecular complexity index is 3300. The zero-order valence-corrected chi connectivity index (χ0v) is 36.3. The number of rotatable bonds is 10. The van der Waals surface area contributed by atoms with E-state index in [1.165, 1.54) is 16.7 Å². The Kier molecular flexibility index (Phi) is 11.0. The van der Waals surface area contributed by atoms with Crippen molar-refractivity contribution in [3.05, 3.63) is 267 Å². The van der Waals surface area contributed by atoms with Gasteiger partial charge in [0.25, 0.3) is 0 Å². The maximum atomic E-state index is 5.45. The van der Waals surface area contributed by atoms with Crippen molar-refractivity contribution in [2.24, 2.45) is 0 Å². The quantitative estimate of drug-likeness (QED) is 0.137. The van der Waals surface area contributed by atoms with Gasteiger partial charge >= 0.3 is 0 Å². The zero-order chi connectivity index (χ0) is 44.1. The van der Waals surface area contributed by atoms with Gasteiger partial charge in [-0.25, -0.2) is 9.97 Å². The fraction of sp³-hybridized carbons (Fsp3) is 0.